The topological polar surface area (TPSA) is 0 Å². The predicted octanol–water partition coefficient (Wildman–Crippen LogP) is 3.00. The molecule has 0 nitrogen and oxygen atoms in total. The highest BCUT2D eigenvalue weighted by molar-refractivity contribution is 5.10. The van der Waals surface area contributed by atoms with E-state index in [1.165, 1.54) is 31.3 Å². The molecule has 2 aliphatic rings. The summed E-state index contributed by atoms with van der Waals surface area (Å²) in [6, 6.07) is 0. The lowest BCUT2D eigenvalue weighted by atomic mass is 9.85. The van der Waals surface area contributed by atoms with Crippen LogP contribution in [0.1, 0.15) is 32.6 Å². The van der Waals surface area contributed by atoms with Crippen LogP contribution in [0, 0.1) is 17.8 Å². The van der Waals surface area contributed by atoms with Crippen LogP contribution in [0.2, 0.25) is 0 Å². The van der Waals surface area contributed by atoms with Crippen molar-refractivity contribution in [1.82, 2.24) is 0 Å². The largest absolute Gasteiger partial charge is 0.0998 e. The fourth-order valence-corrected chi connectivity index (χ4v) is 2.51. The molecule has 0 saturated heterocycles. The first-order valence-corrected chi connectivity index (χ1v) is 4.48. The molecule has 0 spiro atoms. The Balaban J connectivity index is 2.02. The smallest absolute Gasteiger partial charge is 0.0292 e. The molecule has 0 aromatic carbocycles. The fraction of sp³-hybridized carbons (Fsp3) is 0.800. The summed E-state index contributed by atoms with van der Waals surface area (Å²) >= 11 is 0. The van der Waals surface area contributed by atoms with Crippen molar-refractivity contribution in [3.05, 3.63) is 12.2 Å². The van der Waals surface area contributed by atoms with Crippen LogP contribution >= 0.6 is 0 Å². The highest BCUT2D eigenvalue weighted by Gasteiger charge is 2.45. The van der Waals surface area contributed by atoms with Crippen molar-refractivity contribution in [2.24, 2.45) is 17.8 Å². The van der Waals surface area contributed by atoms with Crippen molar-refractivity contribution in [1.29, 1.82) is 0 Å². The van der Waals surface area contributed by atoms with Crippen LogP contribution < -0.4 is 0 Å². The van der Waals surface area contributed by atoms with Crippen LogP contribution in [0.5, 0.6) is 0 Å². The fourth-order valence-electron chi connectivity index (χ4n) is 2.51. The Morgan fingerprint density at radius 3 is 3.00 bits per heavy atom. The summed E-state index contributed by atoms with van der Waals surface area (Å²) in [7, 11) is 0. The zero-order chi connectivity index (χ0) is 7.14. The lowest BCUT2D eigenvalue weighted by Gasteiger charge is -2.21. The van der Waals surface area contributed by atoms with Crippen LogP contribution in [-0.4, -0.2) is 0 Å². The lowest BCUT2D eigenvalue weighted by molar-refractivity contribution is 0.380. The predicted molar refractivity (Wildman–Crippen MR) is 43.8 cm³/mol. The molecule has 0 bridgehead atoms. The van der Waals surface area contributed by atoms with Gasteiger partial charge in [0.1, 0.15) is 0 Å². The molecule has 2 fully saturated rings. The van der Waals surface area contributed by atoms with E-state index in [1.54, 1.807) is 0 Å². The number of hydrogen-bond donors (Lipinski definition) is 0. The molecular formula is C10H16. The Labute approximate surface area is 63.3 Å². The standard InChI is InChI=1S/C10H16/c1-3-8-4-7(2)5-9-6-10(8)9/h8-10H,2-6H2,1H3. The Bertz CT molecular complexity index is 157. The zero-order valence-corrected chi connectivity index (χ0v) is 6.77. The normalized spacial score (nSPS) is 44.9. The Kier molecular flexibility index (Phi) is 1.36. The number of hydrogen-bond acceptors (Lipinski definition) is 0. The molecule has 2 rings (SSSR count). The van der Waals surface area contributed by atoms with Crippen molar-refractivity contribution in [3.8, 4) is 0 Å². The van der Waals surface area contributed by atoms with Crippen molar-refractivity contribution in [2.45, 2.75) is 32.6 Å². The van der Waals surface area contributed by atoms with Crippen molar-refractivity contribution in [3.63, 3.8) is 0 Å². The summed E-state index contributed by atoms with van der Waals surface area (Å²) in [6.45, 7) is 6.41. The molecule has 0 aromatic heterocycles. The van der Waals surface area contributed by atoms with Gasteiger partial charge in [-0.05, 0) is 37.0 Å². The van der Waals surface area contributed by atoms with E-state index in [9.17, 15) is 0 Å². The SMILES string of the molecule is C=C1CC(CC)C2CC2C1. The van der Waals surface area contributed by atoms with E-state index in [4.69, 9.17) is 0 Å². The van der Waals surface area contributed by atoms with E-state index in [1.807, 2.05) is 0 Å². The second-order valence-electron chi connectivity index (χ2n) is 3.99. The molecule has 56 valence electrons. The molecule has 0 heterocycles. The van der Waals surface area contributed by atoms with Crippen LogP contribution in [0.4, 0.5) is 0 Å². The first kappa shape index (κ1) is 6.45. The Morgan fingerprint density at radius 2 is 2.30 bits per heavy atom. The molecule has 0 aromatic rings. The Hall–Kier alpha value is -0.260. The molecular weight excluding hydrogens is 120 g/mol. The minimum atomic E-state index is 1.01. The van der Waals surface area contributed by atoms with Gasteiger partial charge in [0.15, 0.2) is 0 Å². The summed E-state index contributed by atoms with van der Waals surface area (Å²) < 4.78 is 0. The van der Waals surface area contributed by atoms with Gasteiger partial charge in [-0.15, -0.1) is 0 Å². The zero-order valence-electron chi connectivity index (χ0n) is 6.77. The van der Waals surface area contributed by atoms with E-state index in [0.717, 1.165) is 17.8 Å². The van der Waals surface area contributed by atoms with Gasteiger partial charge in [0, 0.05) is 0 Å². The molecule has 0 heteroatoms. The highest BCUT2D eigenvalue weighted by atomic mass is 14.5. The number of allylic oxidation sites excluding steroid dienone is 1. The lowest BCUT2D eigenvalue weighted by Crippen LogP contribution is -2.09. The van der Waals surface area contributed by atoms with E-state index < -0.39 is 0 Å². The summed E-state index contributed by atoms with van der Waals surface area (Å²) in [5, 5.41) is 0. The second-order valence-corrected chi connectivity index (χ2v) is 3.99. The van der Waals surface area contributed by atoms with Gasteiger partial charge in [-0.1, -0.05) is 25.5 Å². The molecule has 0 amide bonds. The quantitative estimate of drug-likeness (QED) is 0.486. The molecule has 3 atom stereocenters. The first-order chi connectivity index (χ1) is 4.81. The van der Waals surface area contributed by atoms with Gasteiger partial charge in [0.25, 0.3) is 0 Å². The van der Waals surface area contributed by atoms with Gasteiger partial charge < -0.3 is 0 Å². The van der Waals surface area contributed by atoms with Gasteiger partial charge in [-0.25, -0.2) is 0 Å². The monoisotopic (exact) mass is 136 g/mol. The van der Waals surface area contributed by atoms with E-state index in [-0.39, 0.29) is 0 Å². The maximum absolute atomic E-state index is 4.09. The molecule has 0 N–H and O–H groups in total. The van der Waals surface area contributed by atoms with Crippen LogP contribution in [0.25, 0.3) is 0 Å². The van der Waals surface area contributed by atoms with E-state index >= 15 is 0 Å². The molecule has 2 saturated carbocycles. The maximum atomic E-state index is 4.09. The van der Waals surface area contributed by atoms with Crippen LogP contribution in [0.3, 0.4) is 0 Å². The van der Waals surface area contributed by atoms with Gasteiger partial charge in [0.05, 0.1) is 0 Å². The van der Waals surface area contributed by atoms with E-state index in [0.29, 0.717) is 0 Å². The minimum absolute atomic E-state index is 1.01. The minimum Gasteiger partial charge on any atom is -0.0998 e. The number of fused-ring (bicyclic) bond motifs is 1. The third-order valence-corrected chi connectivity index (χ3v) is 3.21. The summed E-state index contributed by atoms with van der Waals surface area (Å²) in [5.41, 5.74) is 1.52. The third kappa shape index (κ3) is 0.902. The summed E-state index contributed by atoms with van der Waals surface area (Å²) in [5.74, 6) is 3.17. The van der Waals surface area contributed by atoms with E-state index in [2.05, 4.69) is 13.5 Å². The average molecular weight is 136 g/mol. The molecule has 2 aliphatic carbocycles. The average Bonchev–Trinajstić information content (AvgIpc) is 2.64. The summed E-state index contributed by atoms with van der Waals surface area (Å²) in [4.78, 5) is 0. The van der Waals surface area contributed by atoms with Crippen molar-refractivity contribution < 1.29 is 0 Å². The highest BCUT2D eigenvalue weighted by Crippen LogP contribution is 2.54. The molecule has 10 heavy (non-hydrogen) atoms. The number of rotatable bonds is 1. The van der Waals surface area contributed by atoms with Gasteiger partial charge in [-0.2, -0.15) is 0 Å². The third-order valence-electron chi connectivity index (χ3n) is 3.21. The summed E-state index contributed by atoms with van der Waals surface area (Å²) in [6.07, 6.45) is 5.57. The molecule has 0 aliphatic heterocycles. The van der Waals surface area contributed by atoms with Gasteiger partial charge in [-0.3, -0.25) is 0 Å². The molecule has 0 radical (unpaired) electrons. The first-order valence-electron chi connectivity index (χ1n) is 4.48. The van der Waals surface area contributed by atoms with Crippen LogP contribution in [0.15, 0.2) is 12.2 Å². The van der Waals surface area contributed by atoms with Crippen molar-refractivity contribution >= 4 is 0 Å². The molecule has 3 unspecified atom stereocenters. The van der Waals surface area contributed by atoms with Crippen molar-refractivity contribution in [2.75, 3.05) is 0 Å². The van der Waals surface area contributed by atoms with Gasteiger partial charge in [0.2, 0.25) is 0 Å². The van der Waals surface area contributed by atoms with Crippen LogP contribution in [-0.2, 0) is 0 Å². The Morgan fingerprint density at radius 1 is 1.50 bits per heavy atom. The van der Waals surface area contributed by atoms with Gasteiger partial charge >= 0.3 is 0 Å². The maximum Gasteiger partial charge on any atom is -0.0292 e. The second kappa shape index (κ2) is 2.11.